The summed E-state index contributed by atoms with van der Waals surface area (Å²) in [5.74, 6) is -0.594. The lowest BCUT2D eigenvalue weighted by Crippen LogP contribution is -2.29. The molecule has 2 aromatic rings. The lowest BCUT2D eigenvalue weighted by molar-refractivity contribution is 0.0925. The third-order valence-electron chi connectivity index (χ3n) is 3.24. The van der Waals surface area contributed by atoms with Gasteiger partial charge in [-0.15, -0.1) is 0 Å². The van der Waals surface area contributed by atoms with Crippen molar-refractivity contribution in [3.05, 3.63) is 53.3 Å². The number of fused-ring (bicyclic) bond motifs is 1. The summed E-state index contributed by atoms with van der Waals surface area (Å²) in [6.07, 6.45) is 2.83. The summed E-state index contributed by atoms with van der Waals surface area (Å²) < 4.78 is 5.18. The molecular weight excluding hydrogens is 270 g/mol. The van der Waals surface area contributed by atoms with Gasteiger partial charge in [0.25, 0.3) is 11.8 Å². The number of methoxy groups -OCH3 is 1. The molecule has 0 fully saturated rings. The predicted molar refractivity (Wildman–Crippen MR) is 73.1 cm³/mol. The molecule has 0 radical (unpaired) electrons. The number of hydrogen-bond donors (Lipinski definition) is 0. The van der Waals surface area contributed by atoms with E-state index in [4.69, 9.17) is 10.00 Å². The maximum atomic E-state index is 12.4. The summed E-state index contributed by atoms with van der Waals surface area (Å²) in [7, 11) is 1.42. The molecule has 6 nitrogen and oxygen atoms in total. The number of carbonyl (C=O) groups excluding carboxylic acids is 2. The lowest BCUT2D eigenvalue weighted by Gasteiger charge is -2.17. The molecule has 0 spiro atoms. The number of nitrogens with zero attached hydrogens (tertiary/aromatic N) is 3. The zero-order chi connectivity index (χ0) is 15.0. The van der Waals surface area contributed by atoms with Crippen molar-refractivity contribution in [3.8, 4) is 11.8 Å². The van der Waals surface area contributed by atoms with Crippen LogP contribution in [0.2, 0.25) is 0 Å². The van der Waals surface area contributed by atoms with E-state index >= 15 is 0 Å². The molecule has 1 aliphatic heterocycles. The van der Waals surface area contributed by atoms with Crippen LogP contribution >= 0.6 is 0 Å². The molecule has 0 aliphatic carbocycles. The van der Waals surface area contributed by atoms with Crippen LogP contribution in [0.5, 0.6) is 5.75 Å². The molecule has 102 valence electrons. The highest BCUT2D eigenvalue weighted by atomic mass is 16.5. The number of nitriles is 1. The molecule has 0 N–H and O–H groups in total. The van der Waals surface area contributed by atoms with Crippen LogP contribution < -0.4 is 9.64 Å². The highest BCUT2D eigenvalue weighted by molar-refractivity contribution is 6.34. The third kappa shape index (κ3) is 1.83. The van der Waals surface area contributed by atoms with E-state index in [2.05, 4.69) is 4.98 Å². The molecule has 1 aliphatic rings. The van der Waals surface area contributed by atoms with Crippen molar-refractivity contribution >= 4 is 17.5 Å². The fourth-order valence-corrected chi connectivity index (χ4v) is 2.24. The molecule has 2 amide bonds. The highest BCUT2D eigenvalue weighted by Gasteiger charge is 2.38. The maximum Gasteiger partial charge on any atom is 0.267 e. The van der Waals surface area contributed by atoms with E-state index in [1.165, 1.54) is 43.8 Å². The third-order valence-corrected chi connectivity index (χ3v) is 3.24. The number of ether oxygens (including phenoxy) is 1. The van der Waals surface area contributed by atoms with E-state index in [0.717, 1.165) is 4.90 Å². The molecule has 0 bridgehead atoms. The summed E-state index contributed by atoms with van der Waals surface area (Å²) in [6, 6.07) is 8.02. The van der Waals surface area contributed by atoms with E-state index in [9.17, 15) is 9.59 Å². The number of rotatable bonds is 2. The standard InChI is InChI=1S/C15H9N3O3/c1-21-13-6-9(7-16)2-3-12(13)18-14(19)10-4-5-17-8-11(10)15(18)20/h2-6,8H,1H3. The monoisotopic (exact) mass is 279 g/mol. The number of carbonyl (C=O) groups is 2. The zero-order valence-corrected chi connectivity index (χ0v) is 11.0. The van der Waals surface area contributed by atoms with Crippen LogP contribution in [0.1, 0.15) is 26.3 Å². The molecule has 21 heavy (non-hydrogen) atoms. The Morgan fingerprint density at radius 1 is 1.19 bits per heavy atom. The number of pyridine rings is 1. The number of aromatic nitrogens is 1. The Bertz CT molecular complexity index is 773. The van der Waals surface area contributed by atoms with Crippen molar-refractivity contribution in [1.82, 2.24) is 4.98 Å². The first kappa shape index (κ1) is 12.8. The van der Waals surface area contributed by atoms with Crippen LogP contribution in [-0.2, 0) is 0 Å². The van der Waals surface area contributed by atoms with Crippen LogP contribution in [0.3, 0.4) is 0 Å². The molecule has 0 atom stereocenters. The maximum absolute atomic E-state index is 12.4. The predicted octanol–water partition coefficient (Wildman–Crippen LogP) is 1.76. The minimum absolute atomic E-state index is 0.258. The van der Waals surface area contributed by atoms with Crippen LogP contribution in [0.4, 0.5) is 5.69 Å². The Morgan fingerprint density at radius 3 is 2.62 bits per heavy atom. The second-order valence-corrected chi connectivity index (χ2v) is 4.37. The van der Waals surface area contributed by atoms with E-state index in [1.54, 1.807) is 0 Å². The number of anilines is 1. The normalized spacial score (nSPS) is 13.0. The fourth-order valence-electron chi connectivity index (χ4n) is 2.24. The van der Waals surface area contributed by atoms with Gasteiger partial charge in [0.05, 0.1) is 35.6 Å². The fraction of sp³-hybridized carbons (Fsp3) is 0.0667. The van der Waals surface area contributed by atoms with Gasteiger partial charge in [-0.05, 0) is 18.2 Å². The minimum atomic E-state index is -0.453. The van der Waals surface area contributed by atoms with Crippen LogP contribution in [0.25, 0.3) is 0 Å². The molecule has 1 aromatic heterocycles. The molecule has 0 saturated carbocycles. The van der Waals surface area contributed by atoms with Crippen molar-refractivity contribution in [1.29, 1.82) is 5.26 Å². The number of hydrogen-bond acceptors (Lipinski definition) is 5. The van der Waals surface area contributed by atoms with Gasteiger partial charge in [0.2, 0.25) is 0 Å². The van der Waals surface area contributed by atoms with Gasteiger partial charge in [-0.25, -0.2) is 4.90 Å². The van der Waals surface area contributed by atoms with Crippen molar-refractivity contribution in [2.45, 2.75) is 0 Å². The second-order valence-electron chi connectivity index (χ2n) is 4.37. The molecule has 0 saturated heterocycles. The van der Waals surface area contributed by atoms with E-state index in [1.807, 2.05) is 6.07 Å². The van der Waals surface area contributed by atoms with Crippen molar-refractivity contribution in [2.75, 3.05) is 12.0 Å². The molecular formula is C15H9N3O3. The van der Waals surface area contributed by atoms with Crippen LogP contribution in [0.15, 0.2) is 36.7 Å². The summed E-state index contributed by atoms with van der Waals surface area (Å²) >= 11 is 0. The Morgan fingerprint density at radius 2 is 1.95 bits per heavy atom. The number of amides is 2. The van der Waals surface area contributed by atoms with Gasteiger partial charge in [0.15, 0.2) is 0 Å². The smallest absolute Gasteiger partial charge is 0.267 e. The van der Waals surface area contributed by atoms with Crippen LogP contribution in [-0.4, -0.2) is 23.9 Å². The van der Waals surface area contributed by atoms with E-state index in [0.29, 0.717) is 16.8 Å². The van der Waals surface area contributed by atoms with Crippen molar-refractivity contribution in [3.63, 3.8) is 0 Å². The summed E-state index contributed by atoms with van der Waals surface area (Å²) in [6.45, 7) is 0. The molecule has 0 unspecified atom stereocenters. The number of imide groups is 1. The van der Waals surface area contributed by atoms with Gasteiger partial charge in [0, 0.05) is 18.5 Å². The summed E-state index contributed by atoms with van der Waals surface area (Å²) in [4.78, 5) is 29.7. The Balaban J connectivity index is 2.13. The SMILES string of the molecule is COc1cc(C#N)ccc1N1C(=O)c2ccncc2C1=O. The molecule has 1 aromatic carbocycles. The first-order valence-electron chi connectivity index (χ1n) is 6.08. The van der Waals surface area contributed by atoms with Gasteiger partial charge < -0.3 is 4.74 Å². The Labute approximate surface area is 120 Å². The lowest BCUT2D eigenvalue weighted by atomic mass is 10.2. The van der Waals surface area contributed by atoms with Gasteiger partial charge >= 0.3 is 0 Å². The first-order valence-corrected chi connectivity index (χ1v) is 6.08. The summed E-state index contributed by atoms with van der Waals surface area (Å²) in [5, 5.41) is 8.90. The average molecular weight is 279 g/mol. The molecule has 3 rings (SSSR count). The van der Waals surface area contributed by atoms with E-state index in [-0.39, 0.29) is 11.3 Å². The van der Waals surface area contributed by atoms with Gasteiger partial charge in [-0.1, -0.05) is 0 Å². The largest absolute Gasteiger partial charge is 0.495 e. The Kier molecular flexibility index (Phi) is 2.88. The summed E-state index contributed by atoms with van der Waals surface area (Å²) in [5.41, 5.74) is 1.26. The average Bonchev–Trinajstić information content (AvgIpc) is 2.79. The van der Waals surface area contributed by atoms with Crippen LogP contribution in [0, 0.1) is 11.3 Å². The second kappa shape index (κ2) is 4.72. The minimum Gasteiger partial charge on any atom is -0.495 e. The first-order chi connectivity index (χ1) is 10.2. The van der Waals surface area contributed by atoms with Gasteiger partial charge in [0.1, 0.15) is 5.75 Å². The van der Waals surface area contributed by atoms with E-state index < -0.39 is 11.8 Å². The van der Waals surface area contributed by atoms with Gasteiger partial charge in [-0.3, -0.25) is 14.6 Å². The molecule has 6 heteroatoms. The topological polar surface area (TPSA) is 83.3 Å². The number of benzene rings is 1. The highest BCUT2D eigenvalue weighted by Crippen LogP contribution is 2.35. The zero-order valence-electron chi connectivity index (χ0n) is 11.0. The molecule has 2 heterocycles. The van der Waals surface area contributed by atoms with Crippen molar-refractivity contribution < 1.29 is 14.3 Å². The Hall–Kier alpha value is -3.20. The quantitative estimate of drug-likeness (QED) is 0.782. The van der Waals surface area contributed by atoms with Gasteiger partial charge in [-0.2, -0.15) is 5.26 Å². The van der Waals surface area contributed by atoms with Crippen molar-refractivity contribution in [2.24, 2.45) is 0 Å².